The molecule has 0 aliphatic heterocycles. The lowest BCUT2D eigenvalue weighted by molar-refractivity contribution is -0.120. The molecule has 16 heavy (non-hydrogen) atoms. The van der Waals surface area contributed by atoms with Crippen molar-refractivity contribution in [2.45, 2.75) is 31.7 Å². The van der Waals surface area contributed by atoms with E-state index in [1.807, 2.05) is 0 Å². The minimum atomic E-state index is 0.424. The maximum absolute atomic E-state index is 11.2. The van der Waals surface area contributed by atoms with Gasteiger partial charge in [-0.05, 0) is 30.4 Å². The van der Waals surface area contributed by atoms with Crippen molar-refractivity contribution in [2.24, 2.45) is 0 Å². The summed E-state index contributed by atoms with van der Waals surface area (Å²) < 4.78 is 2.34. The first kappa shape index (κ1) is 9.64. The molecule has 0 amide bonds. The number of fused-ring (bicyclic) bond motifs is 1. The predicted molar refractivity (Wildman–Crippen MR) is 64.5 cm³/mol. The summed E-state index contributed by atoms with van der Waals surface area (Å²) in [5.74, 6) is 0.424. The van der Waals surface area contributed by atoms with Gasteiger partial charge in [-0.15, -0.1) is 0 Å². The fraction of sp³-hybridized carbons (Fsp3) is 0.357. The van der Waals surface area contributed by atoms with E-state index in [1.54, 1.807) is 0 Å². The van der Waals surface area contributed by atoms with Crippen LogP contribution in [0.5, 0.6) is 0 Å². The zero-order valence-electron chi connectivity index (χ0n) is 9.23. The number of carbonyl (C=O) groups is 1. The summed E-state index contributed by atoms with van der Waals surface area (Å²) in [5, 5.41) is 1.29. The number of ketones is 1. The molecule has 2 nitrogen and oxygen atoms in total. The van der Waals surface area contributed by atoms with E-state index in [4.69, 9.17) is 0 Å². The Morgan fingerprint density at radius 2 is 1.81 bits per heavy atom. The number of hydrogen-bond donors (Lipinski definition) is 0. The summed E-state index contributed by atoms with van der Waals surface area (Å²) >= 11 is 0. The van der Waals surface area contributed by atoms with Gasteiger partial charge in [0.2, 0.25) is 0 Å². The number of benzene rings is 1. The van der Waals surface area contributed by atoms with E-state index in [0.29, 0.717) is 11.8 Å². The highest BCUT2D eigenvalue weighted by Crippen LogP contribution is 2.30. The number of Topliss-reactive ketones (excluding diaryl/α,β-unsaturated/α-hetero) is 1. The highest BCUT2D eigenvalue weighted by molar-refractivity contribution is 5.81. The van der Waals surface area contributed by atoms with Gasteiger partial charge in [-0.25, -0.2) is 0 Å². The molecule has 0 spiro atoms. The molecule has 2 heteroatoms. The number of hydrogen-bond acceptors (Lipinski definition) is 1. The quantitative estimate of drug-likeness (QED) is 0.712. The summed E-state index contributed by atoms with van der Waals surface area (Å²) in [4.78, 5) is 11.2. The van der Waals surface area contributed by atoms with Gasteiger partial charge >= 0.3 is 0 Å². The van der Waals surface area contributed by atoms with E-state index < -0.39 is 0 Å². The third-order valence-corrected chi connectivity index (χ3v) is 3.54. The van der Waals surface area contributed by atoms with E-state index >= 15 is 0 Å². The molecule has 0 saturated heterocycles. The maximum Gasteiger partial charge on any atom is 0.133 e. The van der Waals surface area contributed by atoms with Gasteiger partial charge in [-0.2, -0.15) is 0 Å². The van der Waals surface area contributed by atoms with Crippen molar-refractivity contribution >= 4 is 16.7 Å². The van der Waals surface area contributed by atoms with Crippen molar-refractivity contribution in [1.82, 2.24) is 4.57 Å². The molecule has 2 aromatic rings. The number of nitrogens with zero attached hydrogens (tertiary/aromatic N) is 1. The molecular formula is C14H15NO. The van der Waals surface area contributed by atoms with Crippen LogP contribution in [-0.4, -0.2) is 10.4 Å². The molecule has 0 radical (unpaired) electrons. The Morgan fingerprint density at radius 3 is 2.62 bits per heavy atom. The minimum Gasteiger partial charge on any atom is -0.344 e. The summed E-state index contributed by atoms with van der Waals surface area (Å²) in [5.41, 5.74) is 1.29. The van der Waals surface area contributed by atoms with Gasteiger partial charge in [0.05, 0.1) is 0 Å². The standard InChI is InChI=1S/C14H15NO/c16-13-7-5-12(6-8-13)15-10-9-11-3-1-2-4-14(11)15/h1-4,9-10,12H,5-8H2. The van der Waals surface area contributed by atoms with Gasteiger partial charge in [0.1, 0.15) is 5.78 Å². The van der Waals surface area contributed by atoms with Crippen LogP contribution in [0.2, 0.25) is 0 Å². The van der Waals surface area contributed by atoms with Gasteiger partial charge in [0, 0.05) is 30.6 Å². The van der Waals surface area contributed by atoms with Crippen molar-refractivity contribution in [3.8, 4) is 0 Å². The van der Waals surface area contributed by atoms with Crippen LogP contribution in [0.25, 0.3) is 10.9 Å². The van der Waals surface area contributed by atoms with Crippen LogP contribution in [0.1, 0.15) is 31.7 Å². The molecule has 82 valence electrons. The predicted octanol–water partition coefficient (Wildman–Crippen LogP) is 3.33. The highest BCUT2D eigenvalue weighted by Gasteiger charge is 2.20. The number of aromatic nitrogens is 1. The molecule has 1 fully saturated rings. The minimum absolute atomic E-state index is 0.424. The molecule has 0 N–H and O–H groups in total. The number of carbonyl (C=O) groups excluding carboxylic acids is 1. The molecule has 1 aliphatic rings. The lowest BCUT2D eigenvalue weighted by Crippen LogP contribution is -2.17. The van der Waals surface area contributed by atoms with Gasteiger partial charge < -0.3 is 4.57 Å². The van der Waals surface area contributed by atoms with Crippen LogP contribution in [-0.2, 0) is 4.79 Å². The Bertz CT molecular complexity index is 516. The Balaban J connectivity index is 1.97. The highest BCUT2D eigenvalue weighted by atomic mass is 16.1. The van der Waals surface area contributed by atoms with Gasteiger partial charge in [-0.3, -0.25) is 4.79 Å². The molecule has 0 bridgehead atoms. The molecule has 1 aromatic heterocycles. The molecule has 0 unspecified atom stereocenters. The second-order valence-electron chi connectivity index (χ2n) is 4.55. The Kier molecular flexibility index (Phi) is 2.28. The van der Waals surface area contributed by atoms with Crippen LogP contribution < -0.4 is 0 Å². The second kappa shape index (κ2) is 3.78. The van der Waals surface area contributed by atoms with Gasteiger partial charge in [-0.1, -0.05) is 18.2 Å². The van der Waals surface area contributed by atoms with E-state index in [1.165, 1.54) is 10.9 Å². The molecule has 0 atom stereocenters. The molecular weight excluding hydrogens is 198 g/mol. The average Bonchev–Trinajstić information content (AvgIpc) is 2.74. The monoisotopic (exact) mass is 213 g/mol. The van der Waals surface area contributed by atoms with Crippen molar-refractivity contribution in [3.63, 3.8) is 0 Å². The lowest BCUT2D eigenvalue weighted by atomic mass is 9.94. The summed E-state index contributed by atoms with van der Waals surface area (Å²) in [6.45, 7) is 0. The van der Waals surface area contributed by atoms with Crippen LogP contribution in [0.15, 0.2) is 36.5 Å². The van der Waals surface area contributed by atoms with Crippen LogP contribution >= 0.6 is 0 Å². The lowest BCUT2D eigenvalue weighted by Gasteiger charge is -2.23. The first-order chi connectivity index (χ1) is 7.84. The zero-order valence-corrected chi connectivity index (χ0v) is 9.23. The van der Waals surface area contributed by atoms with Crippen LogP contribution in [0.3, 0.4) is 0 Å². The first-order valence-electron chi connectivity index (χ1n) is 5.92. The normalized spacial score (nSPS) is 18.1. The van der Waals surface area contributed by atoms with E-state index in [9.17, 15) is 4.79 Å². The maximum atomic E-state index is 11.2. The Labute approximate surface area is 94.9 Å². The number of rotatable bonds is 1. The largest absolute Gasteiger partial charge is 0.344 e. The summed E-state index contributed by atoms with van der Waals surface area (Å²) in [7, 11) is 0. The topological polar surface area (TPSA) is 22.0 Å². The van der Waals surface area contributed by atoms with E-state index in [2.05, 4.69) is 41.1 Å². The van der Waals surface area contributed by atoms with Crippen LogP contribution in [0, 0.1) is 0 Å². The van der Waals surface area contributed by atoms with Crippen molar-refractivity contribution < 1.29 is 4.79 Å². The molecule has 1 saturated carbocycles. The Morgan fingerprint density at radius 1 is 1.06 bits per heavy atom. The fourth-order valence-electron chi connectivity index (χ4n) is 2.63. The fourth-order valence-corrected chi connectivity index (χ4v) is 2.63. The molecule has 3 rings (SSSR count). The molecule has 1 heterocycles. The summed E-state index contributed by atoms with van der Waals surface area (Å²) in [6, 6.07) is 11.1. The smallest absolute Gasteiger partial charge is 0.133 e. The SMILES string of the molecule is O=C1CCC(n2ccc3ccccc32)CC1. The van der Waals surface area contributed by atoms with Crippen LogP contribution in [0.4, 0.5) is 0 Å². The number of para-hydroxylation sites is 1. The average molecular weight is 213 g/mol. The van der Waals surface area contributed by atoms with Gasteiger partial charge in [0.25, 0.3) is 0 Å². The molecule has 1 aromatic carbocycles. The first-order valence-corrected chi connectivity index (χ1v) is 5.92. The van der Waals surface area contributed by atoms with Crippen molar-refractivity contribution in [3.05, 3.63) is 36.5 Å². The third-order valence-electron chi connectivity index (χ3n) is 3.54. The zero-order chi connectivity index (χ0) is 11.0. The van der Waals surface area contributed by atoms with E-state index in [-0.39, 0.29) is 0 Å². The summed E-state index contributed by atoms with van der Waals surface area (Å²) in [6.07, 6.45) is 5.65. The van der Waals surface area contributed by atoms with Crippen molar-refractivity contribution in [1.29, 1.82) is 0 Å². The molecule has 1 aliphatic carbocycles. The second-order valence-corrected chi connectivity index (χ2v) is 4.55. The third kappa shape index (κ3) is 1.54. The Hall–Kier alpha value is -1.57. The van der Waals surface area contributed by atoms with Crippen molar-refractivity contribution in [2.75, 3.05) is 0 Å². The van der Waals surface area contributed by atoms with Gasteiger partial charge in [0.15, 0.2) is 0 Å². The van der Waals surface area contributed by atoms with E-state index in [0.717, 1.165) is 25.7 Å².